The Labute approximate surface area is 184 Å². The van der Waals surface area contributed by atoms with Gasteiger partial charge in [0.25, 0.3) is 0 Å². The largest absolute Gasteiger partial charge is 0.193 e. The Kier molecular flexibility index (Phi) is 9.49. The second-order valence-electron chi connectivity index (χ2n) is 9.39. The van der Waals surface area contributed by atoms with Gasteiger partial charge in [0.2, 0.25) is 0 Å². The molecule has 0 heterocycles. The van der Waals surface area contributed by atoms with Crippen LogP contribution in [0.3, 0.4) is 0 Å². The van der Waals surface area contributed by atoms with Gasteiger partial charge >= 0.3 is 0 Å². The smallest absolute Gasteiger partial charge is 0.0912 e. The lowest BCUT2D eigenvalue weighted by atomic mass is 9.77. The summed E-state index contributed by atoms with van der Waals surface area (Å²) < 4.78 is 0. The predicted molar refractivity (Wildman–Crippen MR) is 128 cm³/mol. The summed E-state index contributed by atoms with van der Waals surface area (Å²) in [5.41, 5.74) is 3.06. The minimum absolute atomic E-state index is 0.696. The molecule has 2 aliphatic carbocycles. The maximum Gasteiger partial charge on any atom is 0.0912 e. The molecule has 1 aromatic carbocycles. The van der Waals surface area contributed by atoms with E-state index in [0.717, 1.165) is 17.8 Å². The van der Waals surface area contributed by atoms with Gasteiger partial charge in [-0.05, 0) is 99.0 Å². The first-order valence-corrected chi connectivity index (χ1v) is 12.3. The van der Waals surface area contributed by atoms with Gasteiger partial charge < -0.3 is 0 Å². The number of rotatable bonds is 8. The molecular formula is C29H39N. The standard InChI is InChI=1S/C29H39N/c1-2-3-7-24-15-19-28(20-16-24)29-21-17-27(18-22-29)14-13-26-11-9-25(10-12-26)8-5-4-6-23-30/h4-6,8,13-16,19-20,25-27,29H,2-3,7,9-12,17-18,21-22H2,1H3/b6-4?,8-5?,14-13+/t25-,26-,27-,29-. The number of hydrogen-bond acceptors (Lipinski definition) is 1. The molecule has 0 radical (unpaired) electrons. The summed E-state index contributed by atoms with van der Waals surface area (Å²) in [4.78, 5) is 0. The molecule has 0 aliphatic heterocycles. The molecule has 0 amide bonds. The van der Waals surface area contributed by atoms with Crippen molar-refractivity contribution in [2.24, 2.45) is 17.8 Å². The van der Waals surface area contributed by atoms with E-state index in [-0.39, 0.29) is 0 Å². The molecule has 0 aromatic heterocycles. The van der Waals surface area contributed by atoms with Crippen molar-refractivity contribution in [3.63, 3.8) is 0 Å². The molecule has 0 spiro atoms. The van der Waals surface area contributed by atoms with Gasteiger partial charge in [-0.15, -0.1) is 0 Å². The number of nitrogens with zero attached hydrogens (tertiary/aromatic N) is 1. The van der Waals surface area contributed by atoms with Crippen molar-refractivity contribution in [2.75, 3.05) is 0 Å². The van der Waals surface area contributed by atoms with E-state index in [4.69, 9.17) is 5.26 Å². The lowest BCUT2D eigenvalue weighted by Gasteiger charge is -2.28. The maximum atomic E-state index is 8.53. The highest BCUT2D eigenvalue weighted by atomic mass is 14.3. The first kappa shape index (κ1) is 22.6. The van der Waals surface area contributed by atoms with E-state index in [1.807, 2.05) is 18.2 Å². The van der Waals surface area contributed by atoms with E-state index < -0.39 is 0 Å². The number of allylic oxidation sites excluding steroid dienone is 6. The SMILES string of the molecule is CCCCc1ccc([C@H]2CC[C@H](/C=C/[C@H]3CC[C@H](C=CC=CC#N)CC3)CC2)cc1. The molecule has 0 saturated heterocycles. The van der Waals surface area contributed by atoms with Crippen LogP contribution in [0.5, 0.6) is 0 Å². The van der Waals surface area contributed by atoms with Gasteiger partial charge in [0, 0.05) is 6.08 Å². The molecule has 3 rings (SSSR count). The Hall–Kier alpha value is -2.07. The number of aryl methyl sites for hydroxylation is 1. The molecule has 2 saturated carbocycles. The third-order valence-electron chi connectivity index (χ3n) is 7.18. The third kappa shape index (κ3) is 7.32. The van der Waals surface area contributed by atoms with Crippen LogP contribution in [-0.2, 0) is 6.42 Å². The van der Waals surface area contributed by atoms with Crippen LogP contribution < -0.4 is 0 Å². The Morgan fingerprint density at radius 2 is 1.37 bits per heavy atom. The summed E-state index contributed by atoms with van der Waals surface area (Å²) in [7, 11) is 0. The molecular weight excluding hydrogens is 362 g/mol. The highest BCUT2D eigenvalue weighted by Crippen LogP contribution is 2.37. The summed E-state index contributed by atoms with van der Waals surface area (Å²) in [5.74, 6) is 3.03. The van der Waals surface area contributed by atoms with Crippen molar-refractivity contribution in [1.29, 1.82) is 5.26 Å². The van der Waals surface area contributed by atoms with E-state index >= 15 is 0 Å². The second kappa shape index (κ2) is 12.6. The van der Waals surface area contributed by atoms with Crippen molar-refractivity contribution in [3.05, 3.63) is 71.8 Å². The highest BCUT2D eigenvalue weighted by molar-refractivity contribution is 5.26. The topological polar surface area (TPSA) is 23.8 Å². The van der Waals surface area contributed by atoms with E-state index in [1.165, 1.54) is 76.2 Å². The predicted octanol–water partition coefficient (Wildman–Crippen LogP) is 8.30. The second-order valence-corrected chi connectivity index (χ2v) is 9.39. The van der Waals surface area contributed by atoms with Crippen LogP contribution in [0, 0.1) is 29.1 Å². The summed E-state index contributed by atoms with van der Waals surface area (Å²) in [6, 6.07) is 11.6. The average Bonchev–Trinajstić information content (AvgIpc) is 2.81. The average molecular weight is 402 g/mol. The fourth-order valence-corrected chi connectivity index (χ4v) is 5.15. The van der Waals surface area contributed by atoms with E-state index in [2.05, 4.69) is 49.4 Å². The maximum absolute atomic E-state index is 8.53. The highest BCUT2D eigenvalue weighted by Gasteiger charge is 2.22. The summed E-state index contributed by atoms with van der Waals surface area (Å²) in [5, 5.41) is 8.53. The molecule has 0 atom stereocenters. The monoisotopic (exact) mass is 401 g/mol. The van der Waals surface area contributed by atoms with Crippen LogP contribution in [0.15, 0.2) is 60.7 Å². The molecule has 0 unspecified atom stereocenters. The molecule has 2 aliphatic rings. The first-order chi connectivity index (χ1) is 14.8. The molecule has 160 valence electrons. The third-order valence-corrected chi connectivity index (χ3v) is 7.18. The Morgan fingerprint density at radius 3 is 1.93 bits per heavy atom. The zero-order valence-corrected chi connectivity index (χ0v) is 18.8. The van der Waals surface area contributed by atoms with Gasteiger partial charge in [0.15, 0.2) is 0 Å². The number of unbranched alkanes of at least 4 members (excludes halogenated alkanes) is 1. The Balaban J connectivity index is 1.38. The molecule has 1 heteroatoms. The van der Waals surface area contributed by atoms with Gasteiger partial charge in [-0.3, -0.25) is 0 Å². The fourth-order valence-electron chi connectivity index (χ4n) is 5.15. The normalized spacial score (nSPS) is 27.7. The van der Waals surface area contributed by atoms with Crippen LogP contribution >= 0.6 is 0 Å². The van der Waals surface area contributed by atoms with Crippen LogP contribution in [-0.4, -0.2) is 0 Å². The minimum atomic E-state index is 0.696. The Morgan fingerprint density at radius 1 is 0.800 bits per heavy atom. The van der Waals surface area contributed by atoms with Gasteiger partial charge in [-0.2, -0.15) is 5.26 Å². The van der Waals surface area contributed by atoms with Gasteiger partial charge in [-0.25, -0.2) is 0 Å². The number of nitriles is 1. The molecule has 30 heavy (non-hydrogen) atoms. The van der Waals surface area contributed by atoms with Crippen LogP contribution in [0.1, 0.15) is 88.2 Å². The molecule has 2 fully saturated rings. The van der Waals surface area contributed by atoms with E-state index in [9.17, 15) is 0 Å². The molecule has 1 aromatic rings. The van der Waals surface area contributed by atoms with Crippen LogP contribution in [0.25, 0.3) is 0 Å². The van der Waals surface area contributed by atoms with Crippen molar-refractivity contribution in [1.82, 2.24) is 0 Å². The minimum Gasteiger partial charge on any atom is -0.193 e. The van der Waals surface area contributed by atoms with E-state index in [1.54, 1.807) is 11.6 Å². The van der Waals surface area contributed by atoms with Gasteiger partial charge in [0.05, 0.1) is 6.07 Å². The number of benzene rings is 1. The zero-order valence-electron chi connectivity index (χ0n) is 18.8. The summed E-state index contributed by atoms with van der Waals surface area (Å²) in [6.07, 6.45) is 27.2. The van der Waals surface area contributed by atoms with Crippen LogP contribution in [0.4, 0.5) is 0 Å². The lowest BCUT2D eigenvalue weighted by Crippen LogP contribution is -2.14. The first-order valence-electron chi connectivity index (χ1n) is 12.3. The van der Waals surface area contributed by atoms with Crippen molar-refractivity contribution in [2.45, 2.75) is 83.5 Å². The van der Waals surface area contributed by atoms with Gasteiger partial charge in [0.1, 0.15) is 0 Å². The molecule has 1 nitrogen and oxygen atoms in total. The Bertz CT molecular complexity index is 730. The van der Waals surface area contributed by atoms with Crippen LogP contribution in [0.2, 0.25) is 0 Å². The number of hydrogen-bond donors (Lipinski definition) is 0. The van der Waals surface area contributed by atoms with Gasteiger partial charge in [-0.1, -0.05) is 68.0 Å². The lowest BCUT2D eigenvalue weighted by molar-refractivity contribution is 0.348. The quantitative estimate of drug-likeness (QED) is 0.244. The summed E-state index contributed by atoms with van der Waals surface area (Å²) in [6.45, 7) is 2.27. The summed E-state index contributed by atoms with van der Waals surface area (Å²) >= 11 is 0. The van der Waals surface area contributed by atoms with Crippen molar-refractivity contribution in [3.8, 4) is 6.07 Å². The van der Waals surface area contributed by atoms with Crippen molar-refractivity contribution < 1.29 is 0 Å². The fraction of sp³-hybridized carbons (Fsp3) is 0.552. The van der Waals surface area contributed by atoms with Crippen molar-refractivity contribution >= 4 is 0 Å². The molecule has 0 bridgehead atoms. The molecule has 0 N–H and O–H groups in total. The van der Waals surface area contributed by atoms with E-state index in [0.29, 0.717) is 5.92 Å². The zero-order chi connectivity index (χ0) is 21.0.